The van der Waals surface area contributed by atoms with Crippen LogP contribution < -0.4 is 5.73 Å². The number of carbonyl (C=O) groups excluding carboxylic acids is 1. The molecule has 0 aliphatic carbocycles. The van der Waals surface area contributed by atoms with E-state index in [2.05, 4.69) is 31.2 Å². The van der Waals surface area contributed by atoms with E-state index in [-0.39, 0.29) is 17.7 Å². The molecule has 0 amide bonds. The van der Waals surface area contributed by atoms with Gasteiger partial charge in [0.2, 0.25) is 0 Å². The molecule has 2 nitrogen and oxygen atoms in total. The lowest BCUT2D eigenvalue weighted by Crippen LogP contribution is -2.35. The number of carbonyl (C=O) groups is 1. The van der Waals surface area contributed by atoms with Gasteiger partial charge in [0, 0.05) is 6.42 Å². The quantitative estimate of drug-likeness (QED) is 0.821. The Kier molecular flexibility index (Phi) is 5.36. The van der Waals surface area contributed by atoms with Gasteiger partial charge < -0.3 is 5.73 Å². The highest BCUT2D eigenvalue weighted by Crippen LogP contribution is 2.09. The summed E-state index contributed by atoms with van der Waals surface area (Å²) in [6.07, 6.45) is 2.44. The van der Waals surface area contributed by atoms with Gasteiger partial charge in [0.25, 0.3) is 0 Å². The van der Waals surface area contributed by atoms with Crippen molar-refractivity contribution < 1.29 is 4.79 Å². The smallest absolute Gasteiger partial charge is 0.149 e. The second kappa shape index (κ2) is 6.55. The number of nitrogens with two attached hydrogens (primary N) is 1. The van der Waals surface area contributed by atoms with Gasteiger partial charge in [0.05, 0.1) is 6.04 Å². The van der Waals surface area contributed by atoms with Crippen molar-refractivity contribution in [2.75, 3.05) is 0 Å². The Morgan fingerprint density at radius 2 is 1.82 bits per heavy atom. The molecule has 0 aliphatic heterocycles. The third kappa shape index (κ3) is 4.70. The maximum Gasteiger partial charge on any atom is 0.149 e. The van der Waals surface area contributed by atoms with E-state index < -0.39 is 0 Å². The predicted molar refractivity (Wildman–Crippen MR) is 71.9 cm³/mol. The highest BCUT2D eigenvalue weighted by Gasteiger charge is 2.16. The molecule has 0 aliphatic rings. The second-order valence-electron chi connectivity index (χ2n) is 5.08. The van der Waals surface area contributed by atoms with Crippen molar-refractivity contribution in [1.29, 1.82) is 0 Å². The molecule has 1 aromatic carbocycles. The van der Waals surface area contributed by atoms with Crippen LogP contribution in [0, 0.1) is 12.8 Å². The first kappa shape index (κ1) is 13.9. The molecule has 2 heteroatoms. The van der Waals surface area contributed by atoms with Crippen LogP contribution in [0.4, 0.5) is 0 Å². The van der Waals surface area contributed by atoms with Crippen LogP contribution in [0.25, 0.3) is 0 Å². The normalized spacial score (nSPS) is 12.8. The summed E-state index contributed by atoms with van der Waals surface area (Å²) in [7, 11) is 0. The zero-order valence-electron chi connectivity index (χ0n) is 11.1. The first-order valence-corrected chi connectivity index (χ1v) is 6.34. The molecule has 0 radical (unpaired) electrons. The van der Waals surface area contributed by atoms with Crippen LogP contribution in [-0.2, 0) is 11.2 Å². The van der Waals surface area contributed by atoms with Crippen LogP contribution >= 0.6 is 0 Å². The molecule has 0 bridgehead atoms. The van der Waals surface area contributed by atoms with E-state index in [1.807, 2.05) is 13.8 Å². The number of Topliss-reactive ketones (excluding diaryl/α,β-unsaturated/α-hetero) is 1. The van der Waals surface area contributed by atoms with Crippen LogP contribution in [0.2, 0.25) is 0 Å². The monoisotopic (exact) mass is 233 g/mol. The topological polar surface area (TPSA) is 43.1 Å². The van der Waals surface area contributed by atoms with Crippen molar-refractivity contribution in [3.8, 4) is 0 Å². The minimum Gasteiger partial charge on any atom is -0.321 e. The van der Waals surface area contributed by atoms with Crippen LogP contribution in [0.3, 0.4) is 0 Å². The zero-order chi connectivity index (χ0) is 12.8. The average Bonchev–Trinajstić information content (AvgIpc) is 2.30. The highest BCUT2D eigenvalue weighted by atomic mass is 16.1. The van der Waals surface area contributed by atoms with Gasteiger partial charge in [0.15, 0.2) is 0 Å². The first-order chi connectivity index (χ1) is 8.00. The van der Waals surface area contributed by atoms with Crippen LogP contribution in [0.5, 0.6) is 0 Å². The summed E-state index contributed by atoms with van der Waals surface area (Å²) in [5, 5.41) is 0. The summed E-state index contributed by atoms with van der Waals surface area (Å²) in [4.78, 5) is 11.7. The standard InChI is InChI=1S/C15H23NO/c1-11(2)15(16)14(17)6-4-5-13-9-7-12(3)8-10-13/h7-11,15H,4-6,16H2,1-3H3/t15-/m1/s1. The molecule has 0 saturated carbocycles. The van der Waals surface area contributed by atoms with E-state index in [4.69, 9.17) is 5.73 Å². The molecular formula is C15H23NO. The Bertz CT molecular complexity index is 354. The minimum absolute atomic E-state index is 0.187. The average molecular weight is 233 g/mol. The SMILES string of the molecule is Cc1ccc(CCCC(=O)[C@H](N)C(C)C)cc1. The lowest BCUT2D eigenvalue weighted by atomic mass is 9.96. The van der Waals surface area contributed by atoms with E-state index >= 15 is 0 Å². The molecule has 1 aromatic rings. The molecule has 0 unspecified atom stereocenters. The largest absolute Gasteiger partial charge is 0.321 e. The predicted octanol–water partition coefficient (Wildman–Crippen LogP) is 2.87. The summed E-state index contributed by atoms with van der Waals surface area (Å²) in [5.41, 5.74) is 8.37. The molecule has 94 valence electrons. The molecule has 1 atom stereocenters. The van der Waals surface area contributed by atoms with Crippen molar-refractivity contribution in [3.05, 3.63) is 35.4 Å². The third-order valence-corrected chi connectivity index (χ3v) is 3.10. The van der Waals surface area contributed by atoms with Crippen molar-refractivity contribution in [1.82, 2.24) is 0 Å². The first-order valence-electron chi connectivity index (χ1n) is 6.34. The van der Waals surface area contributed by atoms with Crippen LogP contribution in [-0.4, -0.2) is 11.8 Å². The summed E-state index contributed by atoms with van der Waals surface area (Å²) in [6, 6.07) is 8.17. The second-order valence-corrected chi connectivity index (χ2v) is 5.08. The van der Waals surface area contributed by atoms with Crippen molar-refractivity contribution in [3.63, 3.8) is 0 Å². The van der Waals surface area contributed by atoms with E-state index in [9.17, 15) is 4.79 Å². The number of hydrogen-bond donors (Lipinski definition) is 1. The molecule has 0 heterocycles. The molecule has 17 heavy (non-hydrogen) atoms. The van der Waals surface area contributed by atoms with Crippen LogP contribution in [0.15, 0.2) is 24.3 Å². The fraction of sp³-hybridized carbons (Fsp3) is 0.533. The molecule has 0 spiro atoms. The molecular weight excluding hydrogens is 210 g/mol. The highest BCUT2D eigenvalue weighted by molar-refractivity contribution is 5.83. The molecule has 0 saturated heterocycles. The van der Waals surface area contributed by atoms with Gasteiger partial charge in [0.1, 0.15) is 5.78 Å². The Morgan fingerprint density at radius 1 is 1.24 bits per heavy atom. The van der Waals surface area contributed by atoms with Gasteiger partial charge in [-0.25, -0.2) is 0 Å². The lowest BCUT2D eigenvalue weighted by molar-refractivity contribution is -0.121. The number of benzene rings is 1. The molecule has 0 aromatic heterocycles. The minimum atomic E-state index is -0.298. The van der Waals surface area contributed by atoms with Gasteiger partial charge in [-0.05, 0) is 31.2 Å². The molecule has 0 fully saturated rings. The molecule has 2 N–H and O–H groups in total. The summed E-state index contributed by atoms with van der Waals surface area (Å²) < 4.78 is 0. The fourth-order valence-corrected chi connectivity index (χ4v) is 1.76. The van der Waals surface area contributed by atoms with Gasteiger partial charge in [-0.3, -0.25) is 4.79 Å². The Morgan fingerprint density at radius 3 is 2.35 bits per heavy atom. The van der Waals surface area contributed by atoms with Gasteiger partial charge in [-0.2, -0.15) is 0 Å². The van der Waals surface area contributed by atoms with Crippen molar-refractivity contribution in [2.45, 2.75) is 46.1 Å². The summed E-state index contributed by atoms with van der Waals surface area (Å²) in [6.45, 7) is 6.06. The number of ketones is 1. The number of hydrogen-bond acceptors (Lipinski definition) is 2. The number of rotatable bonds is 6. The third-order valence-electron chi connectivity index (χ3n) is 3.10. The molecule has 1 rings (SSSR count). The lowest BCUT2D eigenvalue weighted by Gasteiger charge is -2.13. The number of aryl methyl sites for hydroxylation is 2. The van der Waals surface area contributed by atoms with Gasteiger partial charge in [-0.1, -0.05) is 43.7 Å². The van der Waals surface area contributed by atoms with Gasteiger partial charge in [-0.15, -0.1) is 0 Å². The van der Waals surface area contributed by atoms with E-state index in [0.717, 1.165) is 12.8 Å². The Labute approximate surface area is 104 Å². The van der Waals surface area contributed by atoms with Crippen molar-refractivity contribution in [2.24, 2.45) is 11.7 Å². The Hall–Kier alpha value is -1.15. The fourth-order valence-electron chi connectivity index (χ4n) is 1.76. The van der Waals surface area contributed by atoms with Crippen LogP contribution in [0.1, 0.15) is 37.8 Å². The maximum absolute atomic E-state index is 11.7. The van der Waals surface area contributed by atoms with E-state index in [0.29, 0.717) is 6.42 Å². The van der Waals surface area contributed by atoms with E-state index in [1.165, 1.54) is 11.1 Å². The maximum atomic E-state index is 11.7. The zero-order valence-corrected chi connectivity index (χ0v) is 11.1. The summed E-state index contributed by atoms with van der Waals surface area (Å²) in [5.74, 6) is 0.425. The van der Waals surface area contributed by atoms with Gasteiger partial charge >= 0.3 is 0 Å². The summed E-state index contributed by atoms with van der Waals surface area (Å²) >= 11 is 0. The Balaban J connectivity index is 2.33. The van der Waals surface area contributed by atoms with E-state index in [1.54, 1.807) is 0 Å². The van der Waals surface area contributed by atoms with Crippen molar-refractivity contribution >= 4 is 5.78 Å².